The van der Waals surface area contributed by atoms with Crippen molar-refractivity contribution in [2.45, 2.75) is 25.6 Å². The fourth-order valence-electron chi connectivity index (χ4n) is 1.72. The zero-order chi connectivity index (χ0) is 16.0. The lowest BCUT2D eigenvalue weighted by atomic mass is 10.1. The summed E-state index contributed by atoms with van der Waals surface area (Å²) in [5.74, 6) is 4.47. The number of nitrogens with one attached hydrogen (secondary N) is 2. The molecule has 0 aliphatic rings. The van der Waals surface area contributed by atoms with Gasteiger partial charge in [0.1, 0.15) is 0 Å². The zero-order valence-electron chi connectivity index (χ0n) is 11.8. The lowest BCUT2D eigenvalue weighted by Gasteiger charge is -2.16. The zero-order valence-corrected chi connectivity index (χ0v) is 11.8. The summed E-state index contributed by atoms with van der Waals surface area (Å²) in [6, 6.07) is 2.97. The van der Waals surface area contributed by atoms with E-state index in [9.17, 15) is 18.0 Å². The van der Waals surface area contributed by atoms with Crippen molar-refractivity contribution in [1.82, 2.24) is 5.32 Å². The Morgan fingerprint density at radius 3 is 2.62 bits per heavy atom. The van der Waals surface area contributed by atoms with Gasteiger partial charge in [-0.1, -0.05) is 0 Å². The van der Waals surface area contributed by atoms with E-state index in [-0.39, 0.29) is 17.3 Å². The van der Waals surface area contributed by atoms with Crippen LogP contribution in [0, 0.1) is 0 Å². The highest BCUT2D eigenvalue weighted by Gasteiger charge is 2.34. The average molecular weight is 305 g/mol. The van der Waals surface area contributed by atoms with Crippen LogP contribution < -0.4 is 16.6 Å². The van der Waals surface area contributed by atoms with Crippen LogP contribution in [0.1, 0.15) is 29.3 Å². The van der Waals surface area contributed by atoms with Crippen molar-refractivity contribution in [3.63, 3.8) is 0 Å². The molecule has 0 bridgehead atoms. The third-order valence-corrected chi connectivity index (χ3v) is 2.88. The lowest BCUT2D eigenvalue weighted by Crippen LogP contribution is -2.33. The first-order valence-electron chi connectivity index (χ1n) is 6.27. The molecule has 1 aromatic carbocycles. The Morgan fingerprint density at radius 1 is 1.43 bits per heavy atom. The van der Waals surface area contributed by atoms with E-state index in [1.54, 1.807) is 6.92 Å². The minimum atomic E-state index is -4.60. The number of benzene rings is 1. The molecule has 1 atom stereocenters. The normalized spacial score (nSPS) is 12.9. The smallest absolute Gasteiger partial charge is 0.385 e. The number of nitrogen functional groups attached to an aromatic ring is 1. The molecule has 4 N–H and O–H groups in total. The van der Waals surface area contributed by atoms with E-state index in [1.165, 1.54) is 13.2 Å². The number of halogens is 3. The SMILES string of the molecule is COCCC(C)NC(=O)c1ccc(NN)c(C(F)(F)F)c1. The Bertz CT molecular complexity index is 492. The number of methoxy groups -OCH3 is 1. The van der Waals surface area contributed by atoms with Gasteiger partial charge in [-0.15, -0.1) is 0 Å². The van der Waals surface area contributed by atoms with Crippen LogP contribution in [0.5, 0.6) is 0 Å². The Morgan fingerprint density at radius 2 is 2.10 bits per heavy atom. The number of carbonyl (C=O) groups excluding carboxylic acids is 1. The van der Waals surface area contributed by atoms with Crippen molar-refractivity contribution >= 4 is 11.6 Å². The molecule has 0 spiro atoms. The molecule has 1 rings (SSSR count). The van der Waals surface area contributed by atoms with Crippen molar-refractivity contribution < 1.29 is 22.7 Å². The van der Waals surface area contributed by atoms with Gasteiger partial charge in [0, 0.05) is 25.3 Å². The third-order valence-electron chi connectivity index (χ3n) is 2.88. The summed E-state index contributed by atoms with van der Waals surface area (Å²) in [5.41, 5.74) is 0.621. The van der Waals surface area contributed by atoms with Crippen LogP contribution in [0.3, 0.4) is 0 Å². The fourth-order valence-corrected chi connectivity index (χ4v) is 1.72. The van der Waals surface area contributed by atoms with Crippen molar-refractivity contribution in [1.29, 1.82) is 0 Å². The number of rotatable bonds is 6. The molecule has 0 fully saturated rings. The summed E-state index contributed by atoms with van der Waals surface area (Å²) in [7, 11) is 1.53. The van der Waals surface area contributed by atoms with Crippen LogP contribution >= 0.6 is 0 Å². The van der Waals surface area contributed by atoms with E-state index in [4.69, 9.17) is 10.6 Å². The van der Waals surface area contributed by atoms with E-state index in [0.29, 0.717) is 13.0 Å². The molecule has 8 heteroatoms. The van der Waals surface area contributed by atoms with Gasteiger partial charge in [-0.3, -0.25) is 10.6 Å². The minimum absolute atomic E-state index is 0.0782. The molecule has 1 aromatic rings. The second kappa shape index (κ2) is 7.28. The fraction of sp³-hybridized carbons (Fsp3) is 0.462. The van der Waals surface area contributed by atoms with Gasteiger partial charge in [0.15, 0.2) is 0 Å². The molecule has 0 radical (unpaired) electrons. The second-order valence-corrected chi connectivity index (χ2v) is 4.56. The Labute approximate surface area is 120 Å². The molecule has 1 amide bonds. The quantitative estimate of drug-likeness (QED) is 0.556. The number of nitrogens with two attached hydrogens (primary N) is 1. The predicted octanol–water partition coefficient (Wildman–Crippen LogP) is 2.15. The maximum absolute atomic E-state index is 12.9. The number of hydrogen-bond acceptors (Lipinski definition) is 4. The standard InChI is InChI=1S/C13H18F3N3O2/c1-8(5-6-21-2)18-12(20)9-3-4-11(19-17)10(7-9)13(14,15)16/h3-4,7-8,19H,5-6,17H2,1-2H3,(H,18,20). The Kier molecular flexibility index (Phi) is 5.98. The van der Waals surface area contributed by atoms with Gasteiger partial charge in [-0.25, -0.2) is 0 Å². The minimum Gasteiger partial charge on any atom is -0.385 e. The first-order chi connectivity index (χ1) is 9.79. The number of hydrogen-bond donors (Lipinski definition) is 3. The summed E-state index contributed by atoms with van der Waals surface area (Å²) in [4.78, 5) is 11.9. The highest BCUT2D eigenvalue weighted by molar-refractivity contribution is 5.95. The van der Waals surface area contributed by atoms with E-state index < -0.39 is 17.6 Å². The van der Waals surface area contributed by atoms with E-state index in [2.05, 4.69) is 5.32 Å². The van der Waals surface area contributed by atoms with Crippen LogP contribution in [-0.2, 0) is 10.9 Å². The largest absolute Gasteiger partial charge is 0.418 e. The van der Waals surface area contributed by atoms with Crippen molar-refractivity contribution in [3.05, 3.63) is 29.3 Å². The van der Waals surface area contributed by atoms with Crippen molar-refractivity contribution in [2.24, 2.45) is 5.84 Å². The predicted molar refractivity (Wildman–Crippen MR) is 72.7 cm³/mol. The monoisotopic (exact) mass is 305 g/mol. The number of carbonyl (C=O) groups is 1. The Balaban J connectivity index is 2.91. The van der Waals surface area contributed by atoms with Crippen molar-refractivity contribution in [3.8, 4) is 0 Å². The Hall–Kier alpha value is -1.80. The van der Waals surface area contributed by atoms with E-state index in [0.717, 1.165) is 12.1 Å². The summed E-state index contributed by atoms with van der Waals surface area (Å²) >= 11 is 0. The maximum Gasteiger partial charge on any atom is 0.418 e. The van der Waals surface area contributed by atoms with Crippen LogP contribution in [0.15, 0.2) is 18.2 Å². The molecule has 0 saturated carbocycles. The van der Waals surface area contributed by atoms with Crippen LogP contribution in [-0.4, -0.2) is 25.7 Å². The maximum atomic E-state index is 12.9. The van der Waals surface area contributed by atoms with Gasteiger partial charge in [0.25, 0.3) is 5.91 Å². The molecule has 1 unspecified atom stereocenters. The van der Waals surface area contributed by atoms with Gasteiger partial charge in [0.05, 0.1) is 11.3 Å². The summed E-state index contributed by atoms with van der Waals surface area (Å²) in [6.45, 7) is 2.20. The van der Waals surface area contributed by atoms with Crippen molar-refractivity contribution in [2.75, 3.05) is 19.1 Å². The molecule has 21 heavy (non-hydrogen) atoms. The van der Waals surface area contributed by atoms with Crippen LogP contribution in [0.4, 0.5) is 18.9 Å². The first kappa shape index (κ1) is 17.3. The number of amides is 1. The lowest BCUT2D eigenvalue weighted by molar-refractivity contribution is -0.137. The summed E-state index contributed by atoms with van der Waals surface area (Å²) < 4.78 is 43.5. The molecule has 0 aromatic heterocycles. The van der Waals surface area contributed by atoms with Gasteiger partial charge in [-0.05, 0) is 31.5 Å². The summed E-state index contributed by atoms with van der Waals surface area (Å²) in [5, 5.41) is 2.61. The van der Waals surface area contributed by atoms with E-state index >= 15 is 0 Å². The molecule has 5 nitrogen and oxygen atoms in total. The number of ether oxygens (including phenoxy) is 1. The highest BCUT2D eigenvalue weighted by atomic mass is 19.4. The van der Waals surface area contributed by atoms with Crippen LogP contribution in [0.2, 0.25) is 0 Å². The number of hydrazine groups is 1. The average Bonchev–Trinajstić information content (AvgIpc) is 2.43. The molecule has 0 aliphatic heterocycles. The molecule has 0 aliphatic carbocycles. The van der Waals surface area contributed by atoms with E-state index in [1.807, 2.05) is 5.43 Å². The molecule has 0 heterocycles. The van der Waals surface area contributed by atoms with Crippen LogP contribution in [0.25, 0.3) is 0 Å². The topological polar surface area (TPSA) is 76.4 Å². The highest BCUT2D eigenvalue weighted by Crippen LogP contribution is 2.35. The summed E-state index contributed by atoms with van der Waals surface area (Å²) in [6.07, 6.45) is -4.03. The molecule has 118 valence electrons. The van der Waals surface area contributed by atoms with Gasteiger partial charge in [0.2, 0.25) is 0 Å². The number of anilines is 1. The molecular formula is C13H18F3N3O2. The van der Waals surface area contributed by atoms with Gasteiger partial charge < -0.3 is 15.5 Å². The third kappa shape index (κ3) is 4.91. The first-order valence-corrected chi connectivity index (χ1v) is 6.27. The van der Waals surface area contributed by atoms with Gasteiger partial charge in [-0.2, -0.15) is 13.2 Å². The molecular weight excluding hydrogens is 287 g/mol. The molecule has 0 saturated heterocycles. The van der Waals surface area contributed by atoms with Gasteiger partial charge >= 0.3 is 6.18 Å². The number of alkyl halides is 3. The second-order valence-electron chi connectivity index (χ2n) is 4.56.